The van der Waals surface area contributed by atoms with Gasteiger partial charge in [0.25, 0.3) is 10.5 Å². The predicted octanol–water partition coefficient (Wildman–Crippen LogP) is -1.92. The zero-order valence-electron chi connectivity index (χ0n) is 10.6. The molecule has 2 aromatic rings. The van der Waals surface area contributed by atoms with Gasteiger partial charge in [0, 0.05) is 4.79 Å². The van der Waals surface area contributed by atoms with E-state index in [1.807, 2.05) is 0 Å². The molecule has 0 aliphatic rings. The lowest BCUT2D eigenvalue weighted by atomic mass is 10.7. The second kappa shape index (κ2) is 4.29. The highest BCUT2D eigenvalue weighted by atomic mass is 32.1. The van der Waals surface area contributed by atoms with Crippen LogP contribution in [0.15, 0.2) is 4.79 Å². The molecule has 9 nitrogen and oxygen atoms in total. The predicted molar refractivity (Wildman–Crippen MR) is 66.9 cm³/mol. The Kier molecular flexibility index (Phi) is 2.95. The van der Waals surface area contributed by atoms with E-state index in [2.05, 4.69) is 21.1 Å². The van der Waals surface area contributed by atoms with Crippen LogP contribution in [0.1, 0.15) is 0 Å². The van der Waals surface area contributed by atoms with E-state index in [9.17, 15) is 4.79 Å². The lowest BCUT2D eigenvalue weighted by molar-refractivity contribution is -0.725. The van der Waals surface area contributed by atoms with Crippen LogP contribution in [0.3, 0.4) is 0 Å². The Morgan fingerprint density at radius 2 is 1.56 bits per heavy atom. The van der Waals surface area contributed by atoms with Crippen LogP contribution >= 0.6 is 12.2 Å². The van der Waals surface area contributed by atoms with Crippen molar-refractivity contribution in [2.45, 2.75) is 0 Å². The third-order valence-corrected chi connectivity index (χ3v) is 2.99. The van der Waals surface area contributed by atoms with Gasteiger partial charge in [-0.3, -0.25) is 0 Å². The molecule has 0 saturated heterocycles. The third-order valence-electron chi connectivity index (χ3n) is 2.62. The topological polar surface area (TPSA) is 90.3 Å². The van der Waals surface area contributed by atoms with E-state index in [1.165, 1.54) is 9.58 Å². The number of rotatable bonds is 3. The van der Waals surface area contributed by atoms with Gasteiger partial charge < -0.3 is 10.6 Å². The molecule has 18 heavy (non-hydrogen) atoms. The summed E-state index contributed by atoms with van der Waals surface area (Å²) in [6, 6.07) is 0. The maximum absolute atomic E-state index is 12.1. The van der Waals surface area contributed by atoms with Crippen LogP contribution in [0.25, 0.3) is 0 Å². The molecule has 4 N–H and O–H groups in total. The number of hydrogen-bond acceptors (Lipinski definition) is 4. The molecule has 0 aromatic carbocycles. The van der Waals surface area contributed by atoms with E-state index in [0.29, 0.717) is 16.3 Å². The lowest BCUT2D eigenvalue weighted by Crippen LogP contribution is -2.37. The molecule has 10 heteroatoms. The van der Waals surface area contributed by atoms with Crippen LogP contribution in [0, 0.1) is 4.64 Å². The number of anilines is 2. The minimum absolute atomic E-state index is 0.236. The van der Waals surface area contributed by atoms with E-state index >= 15 is 0 Å². The number of aromatic amines is 2. The van der Waals surface area contributed by atoms with Crippen LogP contribution in [-0.4, -0.2) is 34.1 Å². The quantitative estimate of drug-likeness (QED) is 0.387. The number of nitrogens with zero attached hydrogens (tertiary/aromatic N) is 4. The second-order valence-corrected chi connectivity index (χ2v) is 4.14. The Bertz CT molecular complexity index is 629. The Morgan fingerprint density at radius 3 is 2.00 bits per heavy atom. The minimum atomic E-state index is -0.236. The van der Waals surface area contributed by atoms with Crippen molar-refractivity contribution >= 4 is 23.9 Å². The Morgan fingerprint density at radius 1 is 1.06 bits per heavy atom. The zero-order valence-corrected chi connectivity index (χ0v) is 11.4. The summed E-state index contributed by atoms with van der Waals surface area (Å²) in [6.45, 7) is 0. The molecule has 2 aromatic heterocycles. The average molecular weight is 272 g/mol. The monoisotopic (exact) mass is 272 g/mol. The molecule has 0 radical (unpaired) electrons. The summed E-state index contributed by atoms with van der Waals surface area (Å²) in [7, 11) is 6.97. The third kappa shape index (κ3) is 1.61. The standard InChI is InChI=1S/C8H14N8OS/c1-9-5-7(17)15(11-13(5)3)16-8(18)6(10-2)14(4)12-16/h11-12H,1-4H3/p+2. The molecular weight excluding hydrogens is 256 g/mol. The summed E-state index contributed by atoms with van der Waals surface area (Å²) in [5, 5.41) is 11.6. The molecule has 0 atom stereocenters. The zero-order chi connectivity index (χ0) is 13.4. The van der Waals surface area contributed by atoms with Crippen molar-refractivity contribution in [3.05, 3.63) is 15.0 Å². The molecule has 0 unspecified atom stereocenters. The number of aryl methyl sites for hydroxylation is 2. The average Bonchev–Trinajstić information content (AvgIpc) is 2.76. The molecule has 0 aliphatic carbocycles. The van der Waals surface area contributed by atoms with Crippen LogP contribution in [-0.2, 0) is 14.1 Å². The van der Waals surface area contributed by atoms with Crippen molar-refractivity contribution in [1.82, 2.24) is 20.0 Å². The van der Waals surface area contributed by atoms with Gasteiger partial charge in [0.05, 0.1) is 28.2 Å². The van der Waals surface area contributed by atoms with Crippen LogP contribution in [0.5, 0.6) is 0 Å². The fourth-order valence-corrected chi connectivity index (χ4v) is 2.14. The number of aromatic nitrogens is 6. The fourth-order valence-electron chi connectivity index (χ4n) is 1.78. The maximum atomic E-state index is 12.1. The maximum Gasteiger partial charge on any atom is 0.434 e. The number of nitrogens with one attached hydrogen (secondary N) is 4. The summed E-state index contributed by atoms with van der Waals surface area (Å²) in [4.78, 5) is 14.8. The minimum Gasteiger partial charge on any atom is -0.303 e. The van der Waals surface area contributed by atoms with Gasteiger partial charge in [0.15, 0.2) is 0 Å². The molecule has 0 saturated carbocycles. The number of H-pyrrole nitrogens is 2. The summed E-state index contributed by atoms with van der Waals surface area (Å²) in [5.74, 6) is 1.14. The molecule has 0 aliphatic heterocycles. The van der Waals surface area contributed by atoms with Gasteiger partial charge in [-0.25, -0.2) is 4.79 Å². The first kappa shape index (κ1) is 12.4. The molecule has 0 spiro atoms. The Balaban J connectivity index is 2.71. The van der Waals surface area contributed by atoms with Crippen molar-refractivity contribution < 1.29 is 9.36 Å². The van der Waals surface area contributed by atoms with Crippen LogP contribution in [0.4, 0.5) is 11.6 Å². The van der Waals surface area contributed by atoms with E-state index in [1.54, 1.807) is 37.6 Å². The summed E-state index contributed by atoms with van der Waals surface area (Å²) >= 11 is 5.28. The lowest BCUT2D eigenvalue weighted by Gasteiger charge is -1.88. The van der Waals surface area contributed by atoms with E-state index in [0.717, 1.165) is 0 Å². The highest BCUT2D eigenvalue weighted by Crippen LogP contribution is 2.00. The van der Waals surface area contributed by atoms with Crippen LogP contribution < -0.4 is 25.6 Å². The molecule has 0 amide bonds. The molecular formula is C8H16N8OS+2. The highest BCUT2D eigenvalue weighted by molar-refractivity contribution is 7.71. The van der Waals surface area contributed by atoms with Crippen molar-refractivity contribution in [3.8, 4) is 0 Å². The molecule has 2 rings (SSSR count). The SMILES string of the molecule is CNc1c(=O)n(-n2[nH][n+](C)c(NC)c2=S)[nH][n+]1C. The first-order valence-corrected chi connectivity index (χ1v) is 5.70. The smallest absolute Gasteiger partial charge is 0.303 e. The van der Waals surface area contributed by atoms with Gasteiger partial charge in [-0.15, -0.1) is 10.4 Å². The van der Waals surface area contributed by atoms with Gasteiger partial charge in [-0.05, 0) is 17.0 Å². The molecule has 2 heterocycles. The molecule has 0 fully saturated rings. The summed E-state index contributed by atoms with van der Waals surface area (Å²) < 4.78 is 3.73. The normalized spacial score (nSPS) is 10.7. The molecule has 98 valence electrons. The van der Waals surface area contributed by atoms with Crippen molar-refractivity contribution in [3.63, 3.8) is 0 Å². The highest BCUT2D eigenvalue weighted by Gasteiger charge is 2.24. The van der Waals surface area contributed by atoms with Crippen molar-refractivity contribution in [2.75, 3.05) is 24.7 Å². The van der Waals surface area contributed by atoms with Gasteiger partial charge in [0.1, 0.15) is 0 Å². The van der Waals surface area contributed by atoms with E-state index < -0.39 is 0 Å². The largest absolute Gasteiger partial charge is 0.434 e. The van der Waals surface area contributed by atoms with Gasteiger partial charge in [-0.2, -0.15) is 9.36 Å². The van der Waals surface area contributed by atoms with Crippen molar-refractivity contribution in [2.24, 2.45) is 14.1 Å². The second-order valence-electron chi connectivity index (χ2n) is 3.75. The van der Waals surface area contributed by atoms with E-state index in [4.69, 9.17) is 12.2 Å². The molecule has 0 bridgehead atoms. The first-order chi connectivity index (χ1) is 8.51. The first-order valence-electron chi connectivity index (χ1n) is 5.29. The van der Waals surface area contributed by atoms with Gasteiger partial charge in [0.2, 0.25) is 0 Å². The van der Waals surface area contributed by atoms with Gasteiger partial charge in [-0.1, -0.05) is 0 Å². The van der Waals surface area contributed by atoms with Gasteiger partial charge >= 0.3 is 11.4 Å². The Labute approximate surface area is 108 Å². The Hall–Kier alpha value is -2.10. The van der Waals surface area contributed by atoms with Crippen LogP contribution in [0.2, 0.25) is 0 Å². The number of hydrogen-bond donors (Lipinski definition) is 4. The summed E-state index contributed by atoms with van der Waals surface area (Å²) in [5.41, 5.74) is -0.236. The fraction of sp³-hybridized carbons (Fsp3) is 0.500. The van der Waals surface area contributed by atoms with Crippen molar-refractivity contribution in [1.29, 1.82) is 0 Å². The van der Waals surface area contributed by atoms with E-state index in [-0.39, 0.29) is 5.56 Å². The summed E-state index contributed by atoms with van der Waals surface area (Å²) in [6.07, 6.45) is 0.